The minimum absolute atomic E-state index is 0.0719. The molecule has 1 N–H and O–H groups in total. The average molecular weight is 415 g/mol. The zero-order valence-electron chi connectivity index (χ0n) is 17.6. The number of hydrogen-bond acceptors (Lipinski definition) is 6. The second kappa shape index (κ2) is 10.5. The van der Waals surface area contributed by atoms with Crippen molar-refractivity contribution >= 4 is 0 Å². The molecule has 158 valence electrons. The summed E-state index contributed by atoms with van der Waals surface area (Å²) in [5.74, 6) is 1.86. The van der Waals surface area contributed by atoms with Crippen molar-refractivity contribution < 1.29 is 9.15 Å². The molecule has 0 spiro atoms. The standard InChI is InChI=1S/C25H26N4O2/c1-2-3-17-30-21-14-12-20(13-15-21)25-29-28-23(31-25)18-27-24(19-9-5-4-6-10-19)22-11-7-8-16-26-22/h4-16,24,27H,2-3,17-18H2,1H3. The van der Waals surface area contributed by atoms with Crippen LogP contribution >= 0.6 is 0 Å². The zero-order valence-corrected chi connectivity index (χ0v) is 17.6. The molecule has 0 aliphatic carbocycles. The molecule has 0 saturated carbocycles. The minimum Gasteiger partial charge on any atom is -0.494 e. The molecule has 0 radical (unpaired) electrons. The van der Waals surface area contributed by atoms with Gasteiger partial charge >= 0.3 is 0 Å². The number of nitrogens with one attached hydrogen (secondary N) is 1. The number of rotatable bonds is 10. The second-order valence-corrected chi connectivity index (χ2v) is 7.21. The van der Waals surface area contributed by atoms with Crippen LogP contribution < -0.4 is 10.1 Å². The Morgan fingerprint density at radius 1 is 0.935 bits per heavy atom. The van der Waals surface area contributed by atoms with Gasteiger partial charge in [0.25, 0.3) is 0 Å². The van der Waals surface area contributed by atoms with Crippen molar-refractivity contribution in [2.45, 2.75) is 32.4 Å². The van der Waals surface area contributed by atoms with E-state index in [-0.39, 0.29) is 6.04 Å². The summed E-state index contributed by atoms with van der Waals surface area (Å²) in [7, 11) is 0. The molecule has 1 unspecified atom stereocenters. The van der Waals surface area contributed by atoms with E-state index in [2.05, 4.69) is 39.6 Å². The molecule has 0 fully saturated rings. The Morgan fingerprint density at radius 2 is 1.74 bits per heavy atom. The van der Waals surface area contributed by atoms with E-state index in [4.69, 9.17) is 9.15 Å². The van der Waals surface area contributed by atoms with Crippen LogP contribution in [0.3, 0.4) is 0 Å². The number of ether oxygens (including phenoxy) is 1. The molecule has 0 amide bonds. The highest BCUT2D eigenvalue weighted by Crippen LogP contribution is 2.23. The first-order valence-corrected chi connectivity index (χ1v) is 10.6. The normalized spacial score (nSPS) is 11.9. The quantitative estimate of drug-likeness (QED) is 0.360. The average Bonchev–Trinajstić information content (AvgIpc) is 3.30. The Kier molecular flexibility index (Phi) is 7.03. The fourth-order valence-corrected chi connectivity index (χ4v) is 3.24. The molecule has 0 aliphatic heterocycles. The van der Waals surface area contributed by atoms with E-state index < -0.39 is 0 Å². The van der Waals surface area contributed by atoms with Gasteiger partial charge in [-0.25, -0.2) is 0 Å². The molecule has 4 rings (SSSR count). The highest BCUT2D eigenvalue weighted by molar-refractivity contribution is 5.53. The van der Waals surface area contributed by atoms with Crippen LogP contribution in [-0.2, 0) is 6.54 Å². The number of aromatic nitrogens is 3. The maximum absolute atomic E-state index is 5.88. The lowest BCUT2D eigenvalue weighted by Gasteiger charge is -2.17. The van der Waals surface area contributed by atoms with Gasteiger partial charge < -0.3 is 9.15 Å². The molecule has 2 aromatic heterocycles. The topological polar surface area (TPSA) is 73.1 Å². The zero-order chi connectivity index (χ0) is 21.3. The van der Waals surface area contributed by atoms with Crippen LogP contribution in [0.15, 0.2) is 83.4 Å². The molecule has 0 bridgehead atoms. The number of nitrogens with zero attached hydrogens (tertiary/aromatic N) is 3. The Bertz CT molecular complexity index is 1010. The molecule has 2 heterocycles. The predicted octanol–water partition coefficient (Wildman–Crippen LogP) is 5.19. The summed E-state index contributed by atoms with van der Waals surface area (Å²) < 4.78 is 11.6. The van der Waals surface area contributed by atoms with Gasteiger partial charge in [0.1, 0.15) is 5.75 Å². The minimum atomic E-state index is -0.0719. The van der Waals surface area contributed by atoms with Gasteiger partial charge in [0.2, 0.25) is 11.8 Å². The van der Waals surface area contributed by atoms with Crippen LogP contribution in [0.4, 0.5) is 0 Å². The summed E-state index contributed by atoms with van der Waals surface area (Å²) in [6.07, 6.45) is 3.96. The molecule has 31 heavy (non-hydrogen) atoms. The molecule has 0 aliphatic rings. The third-order valence-corrected chi connectivity index (χ3v) is 4.91. The molecule has 6 nitrogen and oxygen atoms in total. The molecule has 4 aromatic rings. The number of unbranched alkanes of at least 4 members (excludes halogenated alkanes) is 1. The van der Waals surface area contributed by atoms with Crippen LogP contribution in [0.25, 0.3) is 11.5 Å². The molecule has 0 saturated heterocycles. The summed E-state index contributed by atoms with van der Waals surface area (Å²) in [5, 5.41) is 11.9. The summed E-state index contributed by atoms with van der Waals surface area (Å²) in [5.41, 5.74) is 2.93. The second-order valence-electron chi connectivity index (χ2n) is 7.21. The van der Waals surface area contributed by atoms with Crippen LogP contribution in [0.5, 0.6) is 5.75 Å². The highest BCUT2D eigenvalue weighted by Gasteiger charge is 2.16. The van der Waals surface area contributed by atoms with Gasteiger partial charge in [-0.2, -0.15) is 0 Å². The number of pyridine rings is 1. The third kappa shape index (κ3) is 5.55. The molecule has 1 atom stereocenters. The van der Waals surface area contributed by atoms with Gasteiger partial charge in [0, 0.05) is 11.8 Å². The lowest BCUT2D eigenvalue weighted by Crippen LogP contribution is -2.23. The molecule has 2 aromatic carbocycles. The first kappa shape index (κ1) is 20.8. The van der Waals surface area contributed by atoms with E-state index in [1.54, 1.807) is 6.20 Å². The van der Waals surface area contributed by atoms with Gasteiger partial charge in [-0.3, -0.25) is 10.3 Å². The van der Waals surface area contributed by atoms with Crippen molar-refractivity contribution in [3.63, 3.8) is 0 Å². The Labute approximate surface area is 182 Å². The maximum Gasteiger partial charge on any atom is 0.247 e. The summed E-state index contributed by atoms with van der Waals surface area (Å²) in [6.45, 7) is 3.30. The number of benzene rings is 2. The fraction of sp³-hybridized carbons (Fsp3) is 0.240. The van der Waals surface area contributed by atoms with Gasteiger partial charge in [-0.1, -0.05) is 49.7 Å². The largest absolute Gasteiger partial charge is 0.494 e. The molecular weight excluding hydrogens is 388 g/mol. The summed E-state index contributed by atoms with van der Waals surface area (Å²) >= 11 is 0. The summed E-state index contributed by atoms with van der Waals surface area (Å²) in [6, 6.07) is 23.8. The smallest absolute Gasteiger partial charge is 0.247 e. The Balaban J connectivity index is 1.43. The first-order chi connectivity index (χ1) is 15.3. The van der Waals surface area contributed by atoms with Gasteiger partial charge in [0.15, 0.2) is 0 Å². The fourth-order valence-electron chi connectivity index (χ4n) is 3.24. The van der Waals surface area contributed by atoms with Crippen LogP contribution in [0.2, 0.25) is 0 Å². The highest BCUT2D eigenvalue weighted by atomic mass is 16.5. The van der Waals surface area contributed by atoms with Crippen molar-refractivity contribution in [2.75, 3.05) is 6.61 Å². The van der Waals surface area contributed by atoms with Gasteiger partial charge in [0.05, 0.1) is 24.9 Å². The predicted molar refractivity (Wildman–Crippen MR) is 119 cm³/mol. The monoisotopic (exact) mass is 414 g/mol. The SMILES string of the molecule is CCCCOc1ccc(-c2nnc(CNC(c3ccccc3)c3ccccn3)o2)cc1. The third-order valence-electron chi connectivity index (χ3n) is 4.91. The summed E-state index contributed by atoms with van der Waals surface area (Å²) in [4.78, 5) is 4.51. The van der Waals surface area contributed by atoms with E-state index in [1.165, 1.54) is 0 Å². The number of hydrogen-bond donors (Lipinski definition) is 1. The van der Waals surface area contributed by atoms with Crippen molar-refractivity contribution in [2.24, 2.45) is 0 Å². The van der Waals surface area contributed by atoms with Crippen molar-refractivity contribution in [3.05, 3.63) is 96.1 Å². The Morgan fingerprint density at radius 3 is 2.48 bits per heavy atom. The van der Waals surface area contributed by atoms with E-state index >= 15 is 0 Å². The van der Waals surface area contributed by atoms with Crippen LogP contribution in [0, 0.1) is 0 Å². The van der Waals surface area contributed by atoms with Crippen molar-refractivity contribution in [1.29, 1.82) is 0 Å². The molecular formula is C25H26N4O2. The van der Waals surface area contributed by atoms with Crippen molar-refractivity contribution in [3.8, 4) is 17.2 Å². The maximum atomic E-state index is 5.88. The lowest BCUT2D eigenvalue weighted by atomic mass is 10.0. The molecule has 6 heteroatoms. The van der Waals surface area contributed by atoms with E-state index in [1.807, 2.05) is 60.7 Å². The van der Waals surface area contributed by atoms with Gasteiger partial charge in [-0.15, -0.1) is 10.2 Å². The van der Waals surface area contributed by atoms with E-state index in [0.717, 1.165) is 42.0 Å². The van der Waals surface area contributed by atoms with E-state index in [9.17, 15) is 0 Å². The van der Waals surface area contributed by atoms with Crippen molar-refractivity contribution in [1.82, 2.24) is 20.5 Å². The van der Waals surface area contributed by atoms with E-state index in [0.29, 0.717) is 18.3 Å². The van der Waals surface area contributed by atoms with Crippen LogP contribution in [0.1, 0.15) is 43.0 Å². The first-order valence-electron chi connectivity index (χ1n) is 10.6. The lowest BCUT2D eigenvalue weighted by molar-refractivity contribution is 0.309. The van der Waals surface area contributed by atoms with Crippen LogP contribution in [-0.4, -0.2) is 21.8 Å². The Hall–Kier alpha value is -3.51. The van der Waals surface area contributed by atoms with Gasteiger partial charge in [-0.05, 0) is 48.4 Å².